The third kappa shape index (κ3) is 5.56. The summed E-state index contributed by atoms with van der Waals surface area (Å²) < 4.78 is 84.9. The minimum absolute atomic E-state index is 0.0250. The first-order chi connectivity index (χ1) is 14.4. The van der Waals surface area contributed by atoms with Crippen LogP contribution < -0.4 is 5.32 Å². The maximum atomic E-state index is 14.0. The second-order valence-electron chi connectivity index (χ2n) is 6.58. The molecule has 164 valence electrons. The summed E-state index contributed by atoms with van der Waals surface area (Å²) in [6.07, 6.45) is -1.63. The van der Waals surface area contributed by atoms with Crippen LogP contribution >= 0.6 is 0 Å². The van der Waals surface area contributed by atoms with E-state index in [4.69, 9.17) is 4.42 Å². The molecule has 1 aromatic carbocycles. The van der Waals surface area contributed by atoms with Gasteiger partial charge in [0.1, 0.15) is 11.6 Å². The molecule has 0 atom stereocenters. The number of nitrogens with zero attached hydrogens (tertiary/aromatic N) is 2. The molecule has 5 nitrogen and oxygen atoms in total. The Balaban J connectivity index is 1.63. The van der Waals surface area contributed by atoms with Gasteiger partial charge in [-0.2, -0.15) is 27.1 Å². The molecule has 31 heavy (non-hydrogen) atoms. The van der Waals surface area contributed by atoms with Gasteiger partial charge in [-0.3, -0.25) is 9.48 Å². The first-order valence-electron chi connectivity index (χ1n) is 8.79. The number of carbonyl (C=O) groups excluding carboxylic acids is 1. The lowest BCUT2D eigenvalue weighted by Crippen LogP contribution is -2.10. The van der Waals surface area contributed by atoms with Gasteiger partial charge in [0.25, 0.3) is 0 Å². The fourth-order valence-corrected chi connectivity index (χ4v) is 2.61. The highest BCUT2D eigenvalue weighted by Gasteiger charge is 2.34. The van der Waals surface area contributed by atoms with Crippen LogP contribution in [-0.4, -0.2) is 15.7 Å². The van der Waals surface area contributed by atoms with Gasteiger partial charge in [-0.25, -0.2) is 4.39 Å². The van der Waals surface area contributed by atoms with Crippen molar-refractivity contribution in [3.63, 3.8) is 0 Å². The first-order valence-corrected chi connectivity index (χ1v) is 8.79. The molecule has 0 unspecified atom stereocenters. The van der Waals surface area contributed by atoms with Crippen molar-refractivity contribution in [3.8, 4) is 0 Å². The molecule has 1 amide bonds. The van der Waals surface area contributed by atoms with Gasteiger partial charge in [0.05, 0.1) is 12.1 Å². The number of hydrogen-bond donors (Lipinski definition) is 1. The number of anilines is 1. The maximum absolute atomic E-state index is 14.0. The number of alkyl halides is 5. The number of furan rings is 1. The number of nitrogens with one attached hydrogen (secondary N) is 1. The van der Waals surface area contributed by atoms with E-state index in [-0.39, 0.29) is 18.1 Å². The zero-order chi connectivity index (χ0) is 22.8. The van der Waals surface area contributed by atoms with Crippen molar-refractivity contribution >= 4 is 17.8 Å². The highest BCUT2D eigenvalue weighted by atomic mass is 19.4. The predicted molar refractivity (Wildman–Crippen MR) is 98.7 cm³/mol. The Morgan fingerprint density at radius 2 is 1.90 bits per heavy atom. The normalized spacial score (nSPS) is 12.5. The van der Waals surface area contributed by atoms with E-state index in [1.807, 2.05) is 0 Å². The summed E-state index contributed by atoms with van der Waals surface area (Å²) >= 11 is 0. The summed E-state index contributed by atoms with van der Waals surface area (Å²) in [5, 5.41) is 6.38. The lowest BCUT2D eigenvalue weighted by molar-refractivity contribution is -0.140. The van der Waals surface area contributed by atoms with Crippen molar-refractivity contribution in [1.82, 2.24) is 9.78 Å². The second-order valence-corrected chi connectivity index (χ2v) is 6.58. The van der Waals surface area contributed by atoms with E-state index in [0.29, 0.717) is 13.0 Å². The van der Waals surface area contributed by atoms with E-state index in [1.165, 1.54) is 23.0 Å². The summed E-state index contributed by atoms with van der Waals surface area (Å²) in [7, 11) is 0. The fourth-order valence-electron chi connectivity index (χ4n) is 2.61. The van der Waals surface area contributed by atoms with E-state index in [1.54, 1.807) is 0 Å². The molecular formula is C20H15F6N3O2. The van der Waals surface area contributed by atoms with Crippen LogP contribution in [0.4, 0.5) is 32.2 Å². The van der Waals surface area contributed by atoms with Gasteiger partial charge in [0, 0.05) is 30.8 Å². The molecule has 0 aliphatic rings. The number of hydrogen-bond acceptors (Lipinski definition) is 3. The smallest absolute Gasteiger partial charge is 0.419 e. The van der Waals surface area contributed by atoms with Crippen LogP contribution in [-0.2, 0) is 23.4 Å². The van der Waals surface area contributed by atoms with E-state index in [0.717, 1.165) is 30.4 Å². The monoisotopic (exact) mass is 443 g/mol. The summed E-state index contributed by atoms with van der Waals surface area (Å²) in [6.45, 7) is 0.729. The van der Waals surface area contributed by atoms with Gasteiger partial charge < -0.3 is 9.73 Å². The number of aromatic nitrogens is 2. The van der Waals surface area contributed by atoms with Crippen molar-refractivity contribution in [2.75, 3.05) is 5.32 Å². The molecule has 0 fully saturated rings. The van der Waals surface area contributed by atoms with Crippen LogP contribution in [0.3, 0.4) is 0 Å². The van der Waals surface area contributed by atoms with Gasteiger partial charge >= 0.3 is 12.1 Å². The molecule has 0 radical (unpaired) electrons. The van der Waals surface area contributed by atoms with Crippen molar-refractivity contribution < 1.29 is 35.6 Å². The molecule has 2 heterocycles. The molecule has 0 spiro atoms. The molecule has 1 N–H and O–H groups in total. The number of rotatable bonds is 6. The first kappa shape index (κ1) is 22.2. The van der Waals surface area contributed by atoms with Crippen LogP contribution in [0.25, 0.3) is 6.08 Å². The fraction of sp³-hybridized carbons (Fsp3) is 0.200. The van der Waals surface area contributed by atoms with Gasteiger partial charge in [0.15, 0.2) is 11.6 Å². The summed E-state index contributed by atoms with van der Waals surface area (Å²) in [4.78, 5) is 12.0. The van der Waals surface area contributed by atoms with E-state index in [9.17, 15) is 31.1 Å². The standard InChI is InChI=1S/C20H15F6N3O2/c1-19(22,23)15-7-6-13(31-15)11-29-10-9-16(28-29)27-17(30)8-5-12-3-2-4-14(18(12)21)20(24,25)26/h2-10H,11H2,1H3,(H,27,28,30)/b8-5+. The molecule has 3 rings (SSSR count). The number of benzene rings is 1. The van der Waals surface area contributed by atoms with Gasteiger partial charge in [0.2, 0.25) is 5.91 Å². The minimum Gasteiger partial charge on any atom is -0.458 e. The third-order valence-corrected chi connectivity index (χ3v) is 4.05. The van der Waals surface area contributed by atoms with Crippen molar-refractivity contribution in [2.45, 2.75) is 25.6 Å². The van der Waals surface area contributed by atoms with Crippen LogP contribution in [0.5, 0.6) is 0 Å². The Kier molecular flexibility index (Phi) is 5.96. The quantitative estimate of drug-likeness (QED) is 0.407. The van der Waals surface area contributed by atoms with E-state index < -0.39 is 40.7 Å². The Labute approximate surface area is 172 Å². The second kappa shape index (κ2) is 8.32. The molecule has 0 aliphatic heterocycles. The average molecular weight is 443 g/mol. The Morgan fingerprint density at radius 1 is 1.16 bits per heavy atom. The van der Waals surface area contributed by atoms with Crippen LogP contribution in [0.15, 0.2) is 53.1 Å². The Morgan fingerprint density at radius 3 is 2.55 bits per heavy atom. The van der Waals surface area contributed by atoms with Crippen LogP contribution in [0.1, 0.15) is 29.6 Å². The van der Waals surface area contributed by atoms with Crippen molar-refractivity contribution in [1.29, 1.82) is 0 Å². The molecule has 3 aromatic rings. The summed E-state index contributed by atoms with van der Waals surface area (Å²) in [5.74, 6) is -5.54. The molecule has 2 aromatic heterocycles. The zero-order valence-electron chi connectivity index (χ0n) is 15.9. The SMILES string of the molecule is CC(F)(F)c1ccc(Cn2ccc(NC(=O)/C=C/c3cccc(C(F)(F)F)c3F)n2)o1. The Hall–Kier alpha value is -3.50. The van der Waals surface area contributed by atoms with Crippen molar-refractivity contribution in [2.24, 2.45) is 0 Å². The van der Waals surface area contributed by atoms with Crippen LogP contribution in [0, 0.1) is 5.82 Å². The lowest BCUT2D eigenvalue weighted by Gasteiger charge is -2.09. The van der Waals surface area contributed by atoms with Crippen LogP contribution in [0.2, 0.25) is 0 Å². The molecule has 0 saturated carbocycles. The zero-order valence-corrected chi connectivity index (χ0v) is 15.9. The molecule has 0 bridgehead atoms. The van der Waals surface area contributed by atoms with Gasteiger partial charge in [-0.15, -0.1) is 0 Å². The largest absolute Gasteiger partial charge is 0.458 e. The highest BCUT2D eigenvalue weighted by molar-refractivity contribution is 6.01. The molecule has 0 aliphatic carbocycles. The maximum Gasteiger partial charge on any atom is 0.419 e. The number of halogens is 6. The lowest BCUT2D eigenvalue weighted by atomic mass is 10.1. The average Bonchev–Trinajstić information content (AvgIpc) is 3.29. The predicted octanol–water partition coefficient (Wildman–Crippen LogP) is 5.45. The molecular weight excluding hydrogens is 428 g/mol. The molecule has 11 heteroatoms. The van der Waals surface area contributed by atoms with Gasteiger partial charge in [-0.05, 0) is 24.3 Å². The minimum atomic E-state index is -4.86. The summed E-state index contributed by atoms with van der Waals surface area (Å²) in [6, 6.07) is 6.66. The summed E-state index contributed by atoms with van der Waals surface area (Å²) in [5.41, 5.74) is -1.84. The molecule has 0 saturated heterocycles. The van der Waals surface area contributed by atoms with E-state index in [2.05, 4.69) is 10.4 Å². The van der Waals surface area contributed by atoms with Crippen molar-refractivity contribution in [3.05, 3.63) is 77.1 Å². The van der Waals surface area contributed by atoms with Gasteiger partial charge in [-0.1, -0.05) is 12.1 Å². The topological polar surface area (TPSA) is 60.1 Å². The van der Waals surface area contributed by atoms with E-state index >= 15 is 0 Å². The highest BCUT2D eigenvalue weighted by Crippen LogP contribution is 2.32. The number of carbonyl (C=O) groups is 1. The number of amides is 1. The third-order valence-electron chi connectivity index (χ3n) is 4.05. The Bertz CT molecular complexity index is 1110.